The van der Waals surface area contributed by atoms with Crippen LogP contribution in [0.1, 0.15) is 11.1 Å². The van der Waals surface area contributed by atoms with Gasteiger partial charge in [-0.05, 0) is 18.2 Å². The first-order valence-electron chi connectivity index (χ1n) is 7.62. The SMILES string of the molecule is N#Cc1ccccc1Oc1cc(Oc2ccccc2CC(=O)O)ncn1. The van der Waals surface area contributed by atoms with Crippen LogP contribution in [0.25, 0.3) is 0 Å². The quantitative estimate of drug-likeness (QED) is 0.726. The number of rotatable bonds is 6. The van der Waals surface area contributed by atoms with Gasteiger partial charge in [0.25, 0.3) is 0 Å². The predicted molar refractivity (Wildman–Crippen MR) is 91.1 cm³/mol. The molecule has 1 aromatic heterocycles. The van der Waals surface area contributed by atoms with Gasteiger partial charge in [-0.15, -0.1) is 0 Å². The van der Waals surface area contributed by atoms with E-state index in [0.717, 1.165) is 0 Å². The summed E-state index contributed by atoms with van der Waals surface area (Å²) in [5, 5.41) is 18.1. The fourth-order valence-electron chi connectivity index (χ4n) is 2.22. The van der Waals surface area contributed by atoms with E-state index >= 15 is 0 Å². The molecule has 7 heteroatoms. The molecule has 26 heavy (non-hydrogen) atoms. The third-order valence-corrected chi connectivity index (χ3v) is 3.37. The molecule has 0 saturated carbocycles. The normalized spacial score (nSPS) is 9.96. The van der Waals surface area contributed by atoms with E-state index in [2.05, 4.69) is 9.97 Å². The minimum absolute atomic E-state index is 0.167. The fraction of sp³-hybridized carbons (Fsp3) is 0.0526. The molecule has 0 unspecified atom stereocenters. The number of carboxylic acids is 1. The molecule has 1 heterocycles. The van der Waals surface area contributed by atoms with Crippen LogP contribution in [0.15, 0.2) is 60.9 Å². The smallest absolute Gasteiger partial charge is 0.307 e. The van der Waals surface area contributed by atoms with Crippen LogP contribution in [0.2, 0.25) is 0 Å². The summed E-state index contributed by atoms with van der Waals surface area (Å²) >= 11 is 0. The number of benzene rings is 2. The highest BCUT2D eigenvalue weighted by atomic mass is 16.5. The molecule has 0 radical (unpaired) electrons. The Hall–Kier alpha value is -3.92. The fourth-order valence-corrected chi connectivity index (χ4v) is 2.22. The van der Waals surface area contributed by atoms with Gasteiger partial charge in [0.15, 0.2) is 0 Å². The largest absolute Gasteiger partial charge is 0.481 e. The standard InChI is InChI=1S/C19H13N3O4/c20-11-14-6-2-4-8-16(14)26-18-10-17(21-12-22-18)25-15-7-3-1-5-13(15)9-19(23)24/h1-8,10,12H,9H2,(H,23,24). The number of ether oxygens (including phenoxy) is 2. The van der Waals surface area contributed by atoms with Gasteiger partial charge >= 0.3 is 5.97 Å². The van der Waals surface area contributed by atoms with Crippen molar-refractivity contribution in [1.82, 2.24) is 9.97 Å². The van der Waals surface area contributed by atoms with Crippen LogP contribution in [0.3, 0.4) is 0 Å². The van der Waals surface area contributed by atoms with Crippen molar-refractivity contribution in [3.8, 4) is 29.3 Å². The first-order valence-corrected chi connectivity index (χ1v) is 7.62. The maximum absolute atomic E-state index is 11.0. The first kappa shape index (κ1) is 16.9. The Morgan fingerprint density at radius 1 is 1.00 bits per heavy atom. The summed E-state index contributed by atoms with van der Waals surface area (Å²) in [6.45, 7) is 0. The Bertz CT molecular complexity index is 982. The number of carbonyl (C=O) groups is 1. The molecule has 0 aliphatic carbocycles. The van der Waals surface area contributed by atoms with Gasteiger partial charge in [-0.25, -0.2) is 9.97 Å². The van der Waals surface area contributed by atoms with Gasteiger partial charge < -0.3 is 14.6 Å². The van der Waals surface area contributed by atoms with Gasteiger partial charge in [0.2, 0.25) is 11.8 Å². The van der Waals surface area contributed by atoms with E-state index < -0.39 is 5.97 Å². The molecule has 0 aliphatic heterocycles. The van der Waals surface area contributed by atoms with E-state index in [1.807, 2.05) is 6.07 Å². The molecule has 0 spiro atoms. The topological polar surface area (TPSA) is 105 Å². The van der Waals surface area contributed by atoms with Crippen LogP contribution in [0.5, 0.6) is 23.3 Å². The van der Waals surface area contributed by atoms with E-state index in [-0.39, 0.29) is 18.2 Å². The second kappa shape index (κ2) is 7.77. The van der Waals surface area contributed by atoms with Crippen molar-refractivity contribution < 1.29 is 19.4 Å². The first-order chi connectivity index (χ1) is 12.7. The average Bonchev–Trinajstić information content (AvgIpc) is 2.64. The minimum Gasteiger partial charge on any atom is -0.481 e. The molecule has 0 amide bonds. The van der Waals surface area contributed by atoms with Gasteiger partial charge in [-0.1, -0.05) is 30.3 Å². The lowest BCUT2D eigenvalue weighted by molar-refractivity contribution is -0.136. The molecule has 3 rings (SSSR count). The van der Waals surface area contributed by atoms with Crippen LogP contribution < -0.4 is 9.47 Å². The second-order valence-electron chi connectivity index (χ2n) is 5.18. The molecule has 2 aromatic carbocycles. The Kier molecular flexibility index (Phi) is 5.05. The molecule has 0 atom stereocenters. The van der Waals surface area contributed by atoms with Crippen molar-refractivity contribution in [2.24, 2.45) is 0 Å². The third-order valence-electron chi connectivity index (χ3n) is 3.37. The molecular formula is C19H13N3O4. The molecule has 0 fully saturated rings. The number of para-hydroxylation sites is 2. The number of nitrogens with zero attached hydrogens (tertiary/aromatic N) is 3. The Morgan fingerprint density at radius 3 is 2.31 bits per heavy atom. The van der Waals surface area contributed by atoms with Gasteiger partial charge in [-0.3, -0.25) is 4.79 Å². The molecule has 3 aromatic rings. The maximum Gasteiger partial charge on any atom is 0.307 e. The van der Waals surface area contributed by atoms with E-state index in [9.17, 15) is 4.79 Å². The minimum atomic E-state index is -0.958. The number of aliphatic carboxylic acids is 1. The third kappa shape index (κ3) is 4.13. The van der Waals surface area contributed by atoms with Crippen molar-refractivity contribution in [1.29, 1.82) is 5.26 Å². The zero-order valence-electron chi connectivity index (χ0n) is 13.5. The number of nitriles is 1. The lowest BCUT2D eigenvalue weighted by atomic mass is 10.1. The van der Waals surface area contributed by atoms with Crippen molar-refractivity contribution in [3.05, 3.63) is 72.1 Å². The van der Waals surface area contributed by atoms with Crippen molar-refractivity contribution >= 4 is 5.97 Å². The number of carboxylic acid groups (broad SMARTS) is 1. The zero-order valence-corrected chi connectivity index (χ0v) is 13.5. The highest BCUT2D eigenvalue weighted by molar-refractivity contribution is 5.71. The summed E-state index contributed by atoms with van der Waals surface area (Å²) in [7, 11) is 0. The molecule has 0 aliphatic rings. The average molecular weight is 347 g/mol. The number of hydrogen-bond acceptors (Lipinski definition) is 6. The molecule has 1 N–H and O–H groups in total. The van der Waals surface area contributed by atoms with Crippen molar-refractivity contribution in [2.75, 3.05) is 0 Å². The molecule has 128 valence electrons. The molecule has 7 nitrogen and oxygen atoms in total. The van der Waals surface area contributed by atoms with Crippen LogP contribution >= 0.6 is 0 Å². The summed E-state index contributed by atoms with van der Waals surface area (Å²) in [6, 6.07) is 17.1. The summed E-state index contributed by atoms with van der Waals surface area (Å²) in [5.74, 6) is 0.194. The van der Waals surface area contributed by atoms with Gasteiger partial charge in [0.05, 0.1) is 18.1 Å². The van der Waals surface area contributed by atoms with E-state index in [1.54, 1.807) is 48.5 Å². The van der Waals surface area contributed by atoms with E-state index in [1.165, 1.54) is 12.4 Å². The van der Waals surface area contributed by atoms with Gasteiger partial charge in [0.1, 0.15) is 23.9 Å². The number of hydrogen-bond donors (Lipinski definition) is 1. The molecule has 0 saturated heterocycles. The Balaban J connectivity index is 1.83. The summed E-state index contributed by atoms with van der Waals surface area (Å²) < 4.78 is 11.3. The van der Waals surface area contributed by atoms with Crippen LogP contribution in [-0.2, 0) is 11.2 Å². The molecular weight excluding hydrogens is 334 g/mol. The Morgan fingerprint density at radius 2 is 1.62 bits per heavy atom. The van der Waals surface area contributed by atoms with Crippen LogP contribution in [0, 0.1) is 11.3 Å². The van der Waals surface area contributed by atoms with Crippen LogP contribution in [0.4, 0.5) is 0 Å². The Labute approximate surface area is 149 Å². The van der Waals surface area contributed by atoms with Crippen molar-refractivity contribution in [2.45, 2.75) is 6.42 Å². The summed E-state index contributed by atoms with van der Waals surface area (Å²) in [5.41, 5.74) is 0.899. The second-order valence-corrected chi connectivity index (χ2v) is 5.18. The van der Waals surface area contributed by atoms with Gasteiger partial charge in [0, 0.05) is 5.56 Å². The summed E-state index contributed by atoms with van der Waals surface area (Å²) in [4.78, 5) is 19.0. The van der Waals surface area contributed by atoms with Crippen molar-refractivity contribution in [3.63, 3.8) is 0 Å². The highest BCUT2D eigenvalue weighted by Gasteiger charge is 2.11. The van der Waals surface area contributed by atoms with Crippen LogP contribution in [-0.4, -0.2) is 21.0 Å². The monoisotopic (exact) mass is 347 g/mol. The lowest BCUT2D eigenvalue weighted by Crippen LogP contribution is -2.02. The maximum atomic E-state index is 11.0. The molecule has 0 bridgehead atoms. The number of aromatic nitrogens is 2. The lowest BCUT2D eigenvalue weighted by Gasteiger charge is -2.10. The predicted octanol–water partition coefficient (Wildman–Crippen LogP) is 3.56. The van der Waals surface area contributed by atoms with Gasteiger partial charge in [-0.2, -0.15) is 5.26 Å². The highest BCUT2D eigenvalue weighted by Crippen LogP contribution is 2.28. The van der Waals surface area contributed by atoms with E-state index in [0.29, 0.717) is 22.6 Å². The zero-order chi connectivity index (χ0) is 18.4. The summed E-state index contributed by atoms with van der Waals surface area (Å²) in [6.07, 6.45) is 1.10. The van der Waals surface area contributed by atoms with E-state index in [4.69, 9.17) is 19.8 Å².